The number of ether oxygens (including phenoxy) is 1. The lowest BCUT2D eigenvalue weighted by Crippen LogP contribution is -2.58. The van der Waals surface area contributed by atoms with Crippen molar-refractivity contribution in [3.63, 3.8) is 0 Å². The van der Waals surface area contributed by atoms with Gasteiger partial charge in [-0.25, -0.2) is 0 Å². The molecule has 1 aliphatic rings. The van der Waals surface area contributed by atoms with Gasteiger partial charge in [-0.2, -0.15) is 0 Å². The number of hydrogen-bond acceptors (Lipinski definition) is 3. The third kappa shape index (κ3) is 4.54. The molecule has 0 aliphatic carbocycles. The SMILES string of the molecule is C[C@@H]1CN(C(C)(C)CNC(=O)c2ccc(Br)cc2)C[C@H](C)O1. The first-order valence-corrected chi connectivity index (χ1v) is 8.51. The molecule has 1 fully saturated rings. The number of benzene rings is 1. The van der Waals surface area contributed by atoms with E-state index in [1.165, 1.54) is 0 Å². The first-order valence-electron chi connectivity index (χ1n) is 7.72. The lowest BCUT2D eigenvalue weighted by Gasteiger charge is -2.45. The fourth-order valence-electron chi connectivity index (χ4n) is 2.78. The van der Waals surface area contributed by atoms with Crippen LogP contribution in [0.4, 0.5) is 0 Å². The molecule has 22 heavy (non-hydrogen) atoms. The Morgan fingerprint density at radius 2 is 1.82 bits per heavy atom. The molecule has 0 bridgehead atoms. The van der Waals surface area contributed by atoms with Gasteiger partial charge in [-0.15, -0.1) is 0 Å². The molecule has 1 heterocycles. The number of rotatable bonds is 4. The van der Waals surface area contributed by atoms with Gasteiger partial charge in [0.15, 0.2) is 0 Å². The van der Waals surface area contributed by atoms with Crippen molar-refractivity contribution in [1.29, 1.82) is 0 Å². The first-order chi connectivity index (χ1) is 10.3. The highest BCUT2D eigenvalue weighted by molar-refractivity contribution is 9.10. The van der Waals surface area contributed by atoms with Gasteiger partial charge in [0, 0.05) is 35.2 Å². The zero-order chi connectivity index (χ0) is 16.3. The third-order valence-electron chi connectivity index (χ3n) is 4.06. The molecule has 1 saturated heterocycles. The van der Waals surface area contributed by atoms with Gasteiger partial charge in [-0.3, -0.25) is 9.69 Å². The summed E-state index contributed by atoms with van der Waals surface area (Å²) in [4.78, 5) is 14.6. The summed E-state index contributed by atoms with van der Waals surface area (Å²) < 4.78 is 6.76. The van der Waals surface area contributed by atoms with E-state index in [1.54, 1.807) is 0 Å². The molecule has 1 aromatic carbocycles. The molecule has 0 radical (unpaired) electrons. The molecular formula is C17H25BrN2O2. The van der Waals surface area contributed by atoms with Crippen LogP contribution in [0.25, 0.3) is 0 Å². The van der Waals surface area contributed by atoms with Crippen LogP contribution >= 0.6 is 15.9 Å². The third-order valence-corrected chi connectivity index (χ3v) is 4.59. The maximum absolute atomic E-state index is 12.2. The van der Waals surface area contributed by atoms with Gasteiger partial charge in [0.2, 0.25) is 0 Å². The van der Waals surface area contributed by atoms with Gasteiger partial charge in [-0.1, -0.05) is 15.9 Å². The Morgan fingerprint density at radius 1 is 1.27 bits per heavy atom. The van der Waals surface area contributed by atoms with Crippen molar-refractivity contribution in [2.45, 2.75) is 45.4 Å². The quantitative estimate of drug-likeness (QED) is 0.887. The minimum absolute atomic E-state index is 0.0325. The summed E-state index contributed by atoms with van der Waals surface area (Å²) >= 11 is 3.38. The monoisotopic (exact) mass is 368 g/mol. The molecule has 1 N–H and O–H groups in total. The number of amides is 1. The van der Waals surface area contributed by atoms with Crippen molar-refractivity contribution in [1.82, 2.24) is 10.2 Å². The van der Waals surface area contributed by atoms with E-state index < -0.39 is 0 Å². The second-order valence-electron chi connectivity index (χ2n) is 6.66. The second kappa shape index (κ2) is 7.11. The number of hydrogen-bond donors (Lipinski definition) is 1. The lowest BCUT2D eigenvalue weighted by molar-refractivity contribution is -0.0948. The average Bonchev–Trinajstić information content (AvgIpc) is 2.44. The van der Waals surface area contributed by atoms with Gasteiger partial charge in [0.25, 0.3) is 5.91 Å². The number of halogens is 1. The Balaban J connectivity index is 1.94. The highest BCUT2D eigenvalue weighted by atomic mass is 79.9. The molecule has 0 spiro atoms. The predicted molar refractivity (Wildman–Crippen MR) is 92.1 cm³/mol. The van der Waals surface area contributed by atoms with Crippen LogP contribution in [0, 0.1) is 0 Å². The highest BCUT2D eigenvalue weighted by Crippen LogP contribution is 2.21. The molecule has 2 atom stereocenters. The minimum Gasteiger partial charge on any atom is -0.373 e. The largest absolute Gasteiger partial charge is 0.373 e. The molecule has 122 valence electrons. The summed E-state index contributed by atoms with van der Waals surface area (Å²) in [5.74, 6) is -0.0325. The highest BCUT2D eigenvalue weighted by Gasteiger charge is 2.33. The molecule has 1 amide bonds. The minimum atomic E-state index is -0.0999. The fourth-order valence-corrected chi connectivity index (χ4v) is 3.05. The fraction of sp³-hybridized carbons (Fsp3) is 0.588. The maximum atomic E-state index is 12.2. The van der Waals surface area contributed by atoms with Crippen LogP contribution in [-0.4, -0.2) is 48.2 Å². The number of nitrogens with zero attached hydrogens (tertiary/aromatic N) is 1. The molecule has 0 saturated carbocycles. The molecular weight excluding hydrogens is 344 g/mol. The number of carbonyl (C=O) groups excluding carboxylic acids is 1. The van der Waals surface area contributed by atoms with Crippen LogP contribution in [0.2, 0.25) is 0 Å². The van der Waals surface area contributed by atoms with Crippen molar-refractivity contribution < 1.29 is 9.53 Å². The normalized spacial score (nSPS) is 23.3. The Kier molecular flexibility index (Phi) is 5.64. The van der Waals surface area contributed by atoms with E-state index in [4.69, 9.17) is 4.74 Å². The van der Waals surface area contributed by atoms with Gasteiger partial charge >= 0.3 is 0 Å². The number of nitrogens with one attached hydrogen (secondary N) is 1. The van der Waals surface area contributed by atoms with Crippen LogP contribution < -0.4 is 5.32 Å². The second-order valence-corrected chi connectivity index (χ2v) is 7.58. The van der Waals surface area contributed by atoms with Crippen LogP contribution in [0.3, 0.4) is 0 Å². The van der Waals surface area contributed by atoms with E-state index in [2.05, 4.69) is 53.8 Å². The van der Waals surface area contributed by atoms with E-state index in [0.29, 0.717) is 12.1 Å². The van der Waals surface area contributed by atoms with Gasteiger partial charge in [0.05, 0.1) is 12.2 Å². The number of morpholine rings is 1. The summed E-state index contributed by atoms with van der Waals surface area (Å²) in [6.07, 6.45) is 0.454. The summed E-state index contributed by atoms with van der Waals surface area (Å²) in [5.41, 5.74) is 0.583. The predicted octanol–water partition coefficient (Wildman–Crippen LogP) is 3.07. The molecule has 0 unspecified atom stereocenters. The van der Waals surface area contributed by atoms with Crippen LogP contribution in [-0.2, 0) is 4.74 Å². The Labute approximate surface area is 141 Å². The molecule has 5 heteroatoms. The smallest absolute Gasteiger partial charge is 0.251 e. The van der Waals surface area contributed by atoms with Crippen LogP contribution in [0.5, 0.6) is 0 Å². The topological polar surface area (TPSA) is 41.6 Å². The molecule has 4 nitrogen and oxygen atoms in total. The summed E-state index contributed by atoms with van der Waals surface area (Å²) in [6, 6.07) is 7.41. The maximum Gasteiger partial charge on any atom is 0.251 e. The number of carbonyl (C=O) groups is 1. The summed E-state index contributed by atoms with van der Waals surface area (Å²) in [6.45, 7) is 10.9. The van der Waals surface area contributed by atoms with E-state index in [9.17, 15) is 4.79 Å². The summed E-state index contributed by atoms with van der Waals surface area (Å²) in [5, 5.41) is 3.05. The van der Waals surface area contributed by atoms with E-state index in [0.717, 1.165) is 17.6 Å². The van der Waals surface area contributed by atoms with Crippen LogP contribution in [0.15, 0.2) is 28.7 Å². The van der Waals surface area contributed by atoms with Gasteiger partial charge in [0.1, 0.15) is 0 Å². The molecule has 0 aromatic heterocycles. The molecule has 1 aliphatic heterocycles. The van der Waals surface area contributed by atoms with E-state index in [1.807, 2.05) is 24.3 Å². The van der Waals surface area contributed by atoms with Gasteiger partial charge in [-0.05, 0) is 52.0 Å². The van der Waals surface area contributed by atoms with Crippen molar-refractivity contribution in [2.75, 3.05) is 19.6 Å². The zero-order valence-electron chi connectivity index (χ0n) is 13.7. The van der Waals surface area contributed by atoms with Crippen molar-refractivity contribution in [3.05, 3.63) is 34.3 Å². The summed E-state index contributed by atoms with van der Waals surface area (Å²) in [7, 11) is 0. The first kappa shape index (κ1) is 17.4. The van der Waals surface area contributed by atoms with Crippen LogP contribution in [0.1, 0.15) is 38.1 Å². The van der Waals surface area contributed by atoms with Crippen molar-refractivity contribution in [2.24, 2.45) is 0 Å². The van der Waals surface area contributed by atoms with Crippen molar-refractivity contribution in [3.8, 4) is 0 Å². The Hall–Kier alpha value is -0.910. The van der Waals surface area contributed by atoms with Crippen molar-refractivity contribution >= 4 is 21.8 Å². The standard InChI is InChI=1S/C17H25BrN2O2/c1-12-9-20(10-13(2)22-12)17(3,4)11-19-16(21)14-5-7-15(18)8-6-14/h5-8,12-13H,9-11H2,1-4H3,(H,19,21)/t12-,13+. The lowest BCUT2D eigenvalue weighted by atomic mass is 10.00. The van der Waals surface area contributed by atoms with E-state index >= 15 is 0 Å². The molecule has 1 aromatic rings. The average molecular weight is 369 g/mol. The Morgan fingerprint density at radius 3 is 2.36 bits per heavy atom. The van der Waals surface area contributed by atoms with Gasteiger partial charge < -0.3 is 10.1 Å². The van der Waals surface area contributed by atoms with E-state index in [-0.39, 0.29) is 23.7 Å². The molecule has 2 rings (SSSR count). The Bertz CT molecular complexity index is 506. The zero-order valence-corrected chi connectivity index (χ0v) is 15.3.